The zero-order chi connectivity index (χ0) is 15.4. The Morgan fingerprint density at radius 1 is 1.22 bits per heavy atom. The van der Waals surface area contributed by atoms with Gasteiger partial charge in [0.15, 0.2) is 5.84 Å². The fourth-order valence-electron chi connectivity index (χ4n) is 4.57. The lowest BCUT2D eigenvalue weighted by molar-refractivity contribution is -0.155. The van der Waals surface area contributed by atoms with Crippen molar-refractivity contribution in [2.75, 3.05) is 33.2 Å². The molecule has 1 aromatic carbocycles. The first-order valence-electron chi connectivity index (χ1n) is 8.79. The van der Waals surface area contributed by atoms with E-state index in [0.29, 0.717) is 5.92 Å². The molecule has 3 saturated heterocycles. The molecule has 0 saturated carbocycles. The highest BCUT2D eigenvalue weighted by atomic mass is 16.7. The molecule has 1 aromatic rings. The molecule has 122 valence electrons. The van der Waals surface area contributed by atoms with Gasteiger partial charge in [0.1, 0.15) is 0 Å². The third-order valence-electron chi connectivity index (χ3n) is 5.98. The maximum Gasteiger partial charge on any atom is 0.202 e. The number of rotatable bonds is 1. The highest BCUT2D eigenvalue weighted by Gasteiger charge is 2.51. The summed E-state index contributed by atoms with van der Waals surface area (Å²) in [5.41, 5.74) is 6.87. The lowest BCUT2D eigenvalue weighted by atomic mass is 9.81. The number of nitrogens with zero attached hydrogens (tertiary/aromatic N) is 3. The van der Waals surface area contributed by atoms with Crippen LogP contribution in [-0.4, -0.2) is 54.6 Å². The van der Waals surface area contributed by atoms with Gasteiger partial charge >= 0.3 is 0 Å². The van der Waals surface area contributed by atoms with Crippen LogP contribution in [0.1, 0.15) is 29.5 Å². The van der Waals surface area contributed by atoms with E-state index in [-0.39, 0.29) is 5.72 Å². The zero-order valence-electron chi connectivity index (χ0n) is 13.7. The number of amidine groups is 1. The first-order valence-corrected chi connectivity index (χ1v) is 8.79. The molecule has 0 unspecified atom stereocenters. The van der Waals surface area contributed by atoms with Crippen LogP contribution < -0.4 is 5.48 Å². The molecule has 5 aliphatic heterocycles. The second kappa shape index (κ2) is 5.03. The van der Waals surface area contributed by atoms with Crippen molar-refractivity contribution < 1.29 is 4.84 Å². The second-order valence-electron chi connectivity index (χ2n) is 7.53. The molecule has 3 fully saturated rings. The number of hydroxylamine groups is 1. The predicted molar refractivity (Wildman–Crippen MR) is 89.1 cm³/mol. The largest absolute Gasteiger partial charge is 0.302 e. The number of nitrogens with one attached hydrogen (secondary N) is 1. The summed E-state index contributed by atoms with van der Waals surface area (Å²) in [5.74, 6) is 1.48. The summed E-state index contributed by atoms with van der Waals surface area (Å²) < 4.78 is 0. The van der Waals surface area contributed by atoms with Gasteiger partial charge in [-0.1, -0.05) is 12.1 Å². The number of benzene rings is 1. The van der Waals surface area contributed by atoms with Crippen LogP contribution in [0.2, 0.25) is 0 Å². The van der Waals surface area contributed by atoms with Gasteiger partial charge in [0, 0.05) is 24.6 Å². The minimum Gasteiger partial charge on any atom is -0.302 e. The Morgan fingerprint density at radius 3 is 2.87 bits per heavy atom. The summed E-state index contributed by atoms with van der Waals surface area (Å²) in [6.45, 7) is 5.52. The van der Waals surface area contributed by atoms with Crippen LogP contribution in [0, 0.1) is 5.92 Å². The van der Waals surface area contributed by atoms with Gasteiger partial charge in [-0.15, -0.1) is 0 Å². The van der Waals surface area contributed by atoms with E-state index in [1.54, 1.807) is 0 Å². The Labute approximate surface area is 137 Å². The first kappa shape index (κ1) is 14.0. The first-order chi connectivity index (χ1) is 11.2. The highest BCUT2D eigenvalue weighted by molar-refractivity contribution is 5.99. The van der Waals surface area contributed by atoms with E-state index in [1.165, 1.54) is 42.6 Å². The van der Waals surface area contributed by atoms with Gasteiger partial charge in [0.05, 0.1) is 6.54 Å². The van der Waals surface area contributed by atoms with Gasteiger partial charge in [-0.25, -0.2) is 15.3 Å². The summed E-state index contributed by atoms with van der Waals surface area (Å²) in [6.07, 6.45) is 3.53. The number of aliphatic imine (C=N–C) groups is 1. The SMILES string of the molecule is CN1CCc2cc(C3=N[C@@]4(CN5CCC4CC5)ON3)ccc2C1. The molecule has 23 heavy (non-hydrogen) atoms. The monoisotopic (exact) mass is 312 g/mol. The molecule has 0 amide bonds. The predicted octanol–water partition coefficient (Wildman–Crippen LogP) is 1.38. The third kappa shape index (κ3) is 2.22. The van der Waals surface area contributed by atoms with E-state index in [2.05, 4.69) is 40.5 Å². The zero-order valence-corrected chi connectivity index (χ0v) is 13.7. The van der Waals surface area contributed by atoms with Crippen molar-refractivity contribution in [2.45, 2.75) is 31.5 Å². The van der Waals surface area contributed by atoms with Crippen molar-refractivity contribution in [3.63, 3.8) is 0 Å². The van der Waals surface area contributed by atoms with Crippen molar-refractivity contribution in [2.24, 2.45) is 10.9 Å². The smallest absolute Gasteiger partial charge is 0.202 e. The quantitative estimate of drug-likeness (QED) is 0.850. The molecule has 2 bridgehead atoms. The fraction of sp³-hybridized carbons (Fsp3) is 0.611. The van der Waals surface area contributed by atoms with Crippen LogP contribution >= 0.6 is 0 Å². The van der Waals surface area contributed by atoms with E-state index in [0.717, 1.165) is 31.9 Å². The minimum absolute atomic E-state index is 0.345. The molecule has 0 aliphatic carbocycles. The molecule has 1 atom stereocenters. The number of fused-ring (bicyclic) bond motifs is 3. The summed E-state index contributed by atoms with van der Waals surface area (Å²) in [6, 6.07) is 6.75. The van der Waals surface area contributed by atoms with Crippen molar-refractivity contribution in [1.82, 2.24) is 15.3 Å². The highest BCUT2D eigenvalue weighted by Crippen LogP contribution is 2.41. The molecule has 0 radical (unpaired) electrons. The van der Waals surface area contributed by atoms with Crippen LogP contribution in [0.25, 0.3) is 0 Å². The topological polar surface area (TPSA) is 40.1 Å². The van der Waals surface area contributed by atoms with Crippen LogP contribution in [-0.2, 0) is 17.8 Å². The minimum atomic E-state index is -0.345. The van der Waals surface area contributed by atoms with Crippen molar-refractivity contribution in [3.8, 4) is 0 Å². The molecular formula is C18H24N4O. The van der Waals surface area contributed by atoms with Gasteiger partial charge < -0.3 is 4.90 Å². The number of hydrogen-bond donors (Lipinski definition) is 1. The molecule has 1 N–H and O–H groups in total. The van der Waals surface area contributed by atoms with Crippen LogP contribution in [0.3, 0.4) is 0 Å². The Balaban J connectivity index is 1.45. The molecular weight excluding hydrogens is 288 g/mol. The van der Waals surface area contributed by atoms with Crippen molar-refractivity contribution in [3.05, 3.63) is 34.9 Å². The third-order valence-corrected chi connectivity index (χ3v) is 5.98. The maximum atomic E-state index is 6.04. The fourth-order valence-corrected chi connectivity index (χ4v) is 4.57. The molecule has 0 aromatic heterocycles. The number of likely N-dealkylation sites (N-methyl/N-ethyl adjacent to an activating group) is 1. The van der Waals surface area contributed by atoms with Crippen molar-refractivity contribution >= 4 is 5.84 Å². The Morgan fingerprint density at radius 2 is 2.09 bits per heavy atom. The molecule has 6 rings (SSSR count). The van der Waals surface area contributed by atoms with E-state index in [1.807, 2.05) is 0 Å². The van der Waals surface area contributed by atoms with Gasteiger partial charge in [-0.3, -0.25) is 4.90 Å². The number of piperidine rings is 3. The molecule has 5 heteroatoms. The molecule has 5 aliphatic rings. The second-order valence-corrected chi connectivity index (χ2v) is 7.53. The Hall–Kier alpha value is -1.43. The standard InChI is InChI=1S/C18H24N4O/c1-21-7-4-13-10-14(2-3-15(13)11-21)17-19-18(23-20-17)12-22-8-5-16(18)6-9-22/h2-3,10,16H,4-9,11-12H2,1H3,(H,19,20)/t18-/m0/s1. The summed E-state index contributed by atoms with van der Waals surface area (Å²) in [4.78, 5) is 15.9. The average molecular weight is 312 g/mol. The van der Waals surface area contributed by atoms with Gasteiger partial charge in [0.2, 0.25) is 5.72 Å². The van der Waals surface area contributed by atoms with Gasteiger partial charge in [-0.05, 0) is 56.6 Å². The lowest BCUT2D eigenvalue weighted by Crippen LogP contribution is -2.58. The summed E-state index contributed by atoms with van der Waals surface area (Å²) >= 11 is 0. The summed E-state index contributed by atoms with van der Waals surface area (Å²) in [5, 5.41) is 0. The molecule has 1 spiro atoms. The van der Waals surface area contributed by atoms with Gasteiger partial charge in [0.25, 0.3) is 0 Å². The maximum absolute atomic E-state index is 6.04. The van der Waals surface area contributed by atoms with E-state index in [9.17, 15) is 0 Å². The molecule has 5 nitrogen and oxygen atoms in total. The average Bonchev–Trinajstić information content (AvgIpc) is 2.99. The Bertz CT molecular complexity index is 665. The van der Waals surface area contributed by atoms with Crippen LogP contribution in [0.4, 0.5) is 0 Å². The van der Waals surface area contributed by atoms with Crippen molar-refractivity contribution in [1.29, 1.82) is 0 Å². The van der Waals surface area contributed by atoms with E-state index in [4.69, 9.17) is 9.83 Å². The normalized spacial score (nSPS) is 36.0. The van der Waals surface area contributed by atoms with Crippen LogP contribution in [0.15, 0.2) is 23.2 Å². The van der Waals surface area contributed by atoms with Crippen LogP contribution in [0.5, 0.6) is 0 Å². The lowest BCUT2D eigenvalue weighted by Gasteiger charge is -2.47. The Kier molecular flexibility index (Phi) is 3.05. The van der Waals surface area contributed by atoms with E-state index < -0.39 is 0 Å². The summed E-state index contributed by atoms with van der Waals surface area (Å²) in [7, 11) is 2.19. The van der Waals surface area contributed by atoms with E-state index >= 15 is 0 Å². The number of hydrogen-bond acceptors (Lipinski definition) is 5. The van der Waals surface area contributed by atoms with Gasteiger partial charge in [-0.2, -0.15) is 0 Å². The molecule has 5 heterocycles.